The van der Waals surface area contributed by atoms with Gasteiger partial charge in [-0.15, -0.1) is 0 Å². The first kappa shape index (κ1) is 21.2. The minimum Gasteiger partial charge on any atom is -0.481 e. The summed E-state index contributed by atoms with van der Waals surface area (Å²) in [4.78, 5) is 39.7. The van der Waals surface area contributed by atoms with Gasteiger partial charge in [0.2, 0.25) is 5.91 Å². The first-order valence-electron chi connectivity index (χ1n) is 12.1. The third-order valence-corrected chi connectivity index (χ3v) is 8.39. The molecule has 2 amide bonds. The number of carboxylic acids is 1. The van der Waals surface area contributed by atoms with E-state index in [1.165, 1.54) is 0 Å². The maximum Gasteiger partial charge on any atom is 0.408 e. The molecule has 0 radical (unpaired) electrons. The van der Waals surface area contributed by atoms with Gasteiger partial charge in [-0.2, -0.15) is 0 Å². The Hall–Kier alpha value is -3.35. The number of amides is 2. The van der Waals surface area contributed by atoms with Gasteiger partial charge in [0.25, 0.3) is 0 Å². The summed E-state index contributed by atoms with van der Waals surface area (Å²) in [5.74, 6) is -1.50. The van der Waals surface area contributed by atoms with E-state index in [4.69, 9.17) is 4.74 Å². The molecule has 7 heteroatoms. The van der Waals surface area contributed by atoms with E-state index in [1.54, 1.807) is 11.8 Å². The summed E-state index contributed by atoms with van der Waals surface area (Å²) in [6, 6.07) is 16.0. The SMILES string of the molecule is CC(NC(=O)OCC1c2ccccc2-c2ccccc21)(C(=O)N1CC2CC1C2C(=O)O)C1CC1. The van der Waals surface area contributed by atoms with Crippen molar-refractivity contribution in [3.8, 4) is 11.1 Å². The van der Waals surface area contributed by atoms with Crippen molar-refractivity contribution in [3.05, 3.63) is 59.7 Å². The summed E-state index contributed by atoms with van der Waals surface area (Å²) in [5.41, 5.74) is 3.50. The first-order valence-corrected chi connectivity index (χ1v) is 12.1. The number of carbonyl (C=O) groups is 3. The van der Waals surface area contributed by atoms with Gasteiger partial charge in [0.1, 0.15) is 12.1 Å². The molecule has 2 heterocycles. The molecule has 0 spiro atoms. The Morgan fingerprint density at radius 3 is 2.24 bits per heavy atom. The van der Waals surface area contributed by atoms with E-state index < -0.39 is 23.5 Å². The van der Waals surface area contributed by atoms with Crippen molar-refractivity contribution in [3.63, 3.8) is 0 Å². The Morgan fingerprint density at radius 1 is 1.06 bits per heavy atom. The summed E-state index contributed by atoms with van der Waals surface area (Å²) in [5, 5.41) is 12.4. The highest BCUT2D eigenvalue weighted by molar-refractivity contribution is 5.92. The number of nitrogens with one attached hydrogen (secondary N) is 1. The second-order valence-electron chi connectivity index (χ2n) is 10.3. The molecule has 5 aliphatic rings. The summed E-state index contributed by atoms with van der Waals surface area (Å²) in [6.45, 7) is 2.40. The van der Waals surface area contributed by atoms with Crippen LogP contribution in [0.4, 0.5) is 4.79 Å². The van der Waals surface area contributed by atoms with Crippen LogP contribution in [0.1, 0.15) is 43.2 Å². The molecule has 2 saturated heterocycles. The van der Waals surface area contributed by atoms with Gasteiger partial charge < -0.3 is 20.1 Å². The minimum absolute atomic E-state index is 0.0179. The summed E-state index contributed by atoms with van der Waals surface area (Å²) < 4.78 is 5.71. The standard InChI is InChI=1S/C27H28N2O5/c1-27(16-10-11-16,25(32)29-13-15-12-22(29)23(15)24(30)31)28-26(33)34-14-21-19-8-4-2-6-17(19)18-7-3-5-9-20(18)21/h2-9,15-16,21-23H,10-14H2,1H3,(H,28,33)(H,30,31). The molecule has 176 valence electrons. The van der Waals surface area contributed by atoms with Crippen LogP contribution in [-0.4, -0.2) is 52.7 Å². The number of carbonyl (C=O) groups excluding carboxylic acids is 2. The van der Waals surface area contributed by atoms with Crippen molar-refractivity contribution in [2.45, 2.75) is 43.7 Å². The third kappa shape index (κ3) is 3.13. The summed E-state index contributed by atoms with van der Waals surface area (Å²) >= 11 is 0. The molecule has 2 bridgehead atoms. The van der Waals surface area contributed by atoms with Crippen LogP contribution >= 0.6 is 0 Å². The quantitative estimate of drug-likeness (QED) is 0.686. The third-order valence-electron chi connectivity index (χ3n) is 8.39. The monoisotopic (exact) mass is 460 g/mol. The van der Waals surface area contributed by atoms with Crippen LogP contribution in [0.5, 0.6) is 0 Å². The molecule has 4 fully saturated rings. The van der Waals surface area contributed by atoms with Crippen LogP contribution in [0.25, 0.3) is 11.1 Å². The molecule has 2 aliphatic heterocycles. The Balaban J connectivity index is 1.16. The molecule has 2 aromatic rings. The van der Waals surface area contributed by atoms with Gasteiger partial charge in [0.05, 0.1) is 5.92 Å². The van der Waals surface area contributed by atoms with Gasteiger partial charge >= 0.3 is 12.1 Å². The molecular formula is C27H28N2O5. The van der Waals surface area contributed by atoms with Crippen molar-refractivity contribution in [1.82, 2.24) is 10.2 Å². The van der Waals surface area contributed by atoms with Crippen molar-refractivity contribution in [2.24, 2.45) is 17.8 Å². The molecule has 7 nitrogen and oxygen atoms in total. The molecule has 3 aliphatic carbocycles. The maximum atomic E-state index is 13.5. The van der Waals surface area contributed by atoms with Crippen LogP contribution in [0, 0.1) is 17.8 Å². The number of carboxylic acid groups (broad SMARTS) is 1. The molecule has 4 atom stereocenters. The number of hydrogen-bond donors (Lipinski definition) is 2. The zero-order valence-electron chi connectivity index (χ0n) is 19.1. The van der Waals surface area contributed by atoms with Crippen molar-refractivity contribution >= 4 is 18.0 Å². The molecule has 2 N–H and O–H groups in total. The van der Waals surface area contributed by atoms with E-state index in [0.29, 0.717) is 6.54 Å². The molecule has 0 aromatic heterocycles. The van der Waals surface area contributed by atoms with E-state index in [0.717, 1.165) is 41.5 Å². The van der Waals surface area contributed by atoms with E-state index in [2.05, 4.69) is 29.6 Å². The first-order chi connectivity index (χ1) is 16.4. The second-order valence-corrected chi connectivity index (χ2v) is 10.3. The van der Waals surface area contributed by atoms with Gasteiger partial charge in [-0.1, -0.05) is 48.5 Å². The average Bonchev–Trinajstić information content (AvgIpc) is 3.37. The Labute approximate surface area is 198 Å². The number of ether oxygens (including phenoxy) is 1. The fourth-order valence-corrected chi connectivity index (χ4v) is 6.35. The highest BCUT2D eigenvalue weighted by Crippen LogP contribution is 2.49. The lowest BCUT2D eigenvalue weighted by Gasteiger charge is -2.37. The minimum atomic E-state index is -1.08. The molecular weight excluding hydrogens is 432 g/mol. The number of rotatable bonds is 6. The largest absolute Gasteiger partial charge is 0.481 e. The van der Waals surface area contributed by atoms with E-state index in [9.17, 15) is 19.5 Å². The van der Waals surface area contributed by atoms with Gasteiger partial charge in [-0.25, -0.2) is 4.79 Å². The van der Waals surface area contributed by atoms with Crippen molar-refractivity contribution in [2.75, 3.05) is 13.2 Å². The van der Waals surface area contributed by atoms with Crippen LogP contribution in [0.2, 0.25) is 0 Å². The Morgan fingerprint density at radius 2 is 1.68 bits per heavy atom. The number of fused-ring (bicyclic) bond motifs is 4. The van der Waals surface area contributed by atoms with Crippen LogP contribution in [-0.2, 0) is 14.3 Å². The van der Waals surface area contributed by atoms with Crippen molar-refractivity contribution in [1.29, 1.82) is 0 Å². The number of hydrogen-bond acceptors (Lipinski definition) is 4. The molecule has 34 heavy (non-hydrogen) atoms. The molecule has 2 aromatic carbocycles. The Bertz CT molecular complexity index is 1150. The smallest absolute Gasteiger partial charge is 0.408 e. The topological polar surface area (TPSA) is 95.9 Å². The van der Waals surface area contributed by atoms with Crippen LogP contribution in [0.3, 0.4) is 0 Å². The predicted octanol–water partition coefficient (Wildman–Crippen LogP) is 3.63. The van der Waals surface area contributed by atoms with E-state index in [1.807, 2.05) is 24.3 Å². The number of benzene rings is 2. The Kier molecular flexibility index (Phi) is 4.73. The fourth-order valence-electron chi connectivity index (χ4n) is 6.35. The average molecular weight is 461 g/mol. The highest BCUT2D eigenvalue weighted by atomic mass is 16.5. The molecule has 2 saturated carbocycles. The van der Waals surface area contributed by atoms with Gasteiger partial charge in [-0.05, 0) is 60.3 Å². The zero-order chi connectivity index (χ0) is 23.6. The van der Waals surface area contributed by atoms with Gasteiger partial charge in [0.15, 0.2) is 0 Å². The summed E-state index contributed by atoms with van der Waals surface area (Å²) in [7, 11) is 0. The second kappa shape index (κ2) is 7.58. The van der Waals surface area contributed by atoms with E-state index in [-0.39, 0.29) is 36.3 Å². The molecule has 4 unspecified atom stereocenters. The van der Waals surface area contributed by atoms with Gasteiger partial charge in [-0.3, -0.25) is 9.59 Å². The van der Waals surface area contributed by atoms with Crippen LogP contribution < -0.4 is 5.32 Å². The lowest BCUT2D eigenvalue weighted by Crippen LogP contribution is -2.60. The van der Waals surface area contributed by atoms with Crippen LogP contribution in [0.15, 0.2) is 48.5 Å². The maximum absolute atomic E-state index is 13.5. The zero-order valence-corrected chi connectivity index (χ0v) is 19.1. The van der Waals surface area contributed by atoms with Crippen molar-refractivity contribution < 1.29 is 24.2 Å². The van der Waals surface area contributed by atoms with Gasteiger partial charge in [0, 0.05) is 18.5 Å². The number of aliphatic carboxylic acids is 1. The highest BCUT2D eigenvalue weighted by Gasteiger charge is 2.61. The predicted molar refractivity (Wildman–Crippen MR) is 124 cm³/mol. The number of nitrogens with zero attached hydrogens (tertiary/aromatic N) is 1. The normalized spacial score (nSPS) is 26.1. The fraction of sp³-hybridized carbons (Fsp3) is 0.444. The lowest BCUT2D eigenvalue weighted by atomic mass is 9.74. The number of alkyl carbamates (subject to hydrolysis) is 1. The lowest BCUT2D eigenvalue weighted by molar-refractivity contribution is -0.149. The molecule has 7 rings (SSSR count). The summed E-state index contributed by atoms with van der Waals surface area (Å²) in [6.07, 6.45) is 1.84. The van der Waals surface area contributed by atoms with E-state index >= 15 is 0 Å².